The van der Waals surface area contributed by atoms with Crippen molar-refractivity contribution in [1.82, 2.24) is 5.17 Å². The summed E-state index contributed by atoms with van der Waals surface area (Å²) in [5, 5.41) is 0.945. The molecule has 5 heteroatoms. The molecule has 0 aliphatic rings. The molecule has 0 aromatic heterocycles. The predicted molar refractivity (Wildman–Crippen MR) is 65.1 cm³/mol. The highest BCUT2D eigenvalue weighted by molar-refractivity contribution is 5.68. The minimum absolute atomic E-state index is 0.563. The van der Waals surface area contributed by atoms with E-state index in [9.17, 15) is 4.79 Å². The Bertz CT molecular complexity index is 360. The summed E-state index contributed by atoms with van der Waals surface area (Å²) >= 11 is 0. The van der Waals surface area contributed by atoms with Gasteiger partial charge >= 0.3 is 6.09 Å². The van der Waals surface area contributed by atoms with Crippen LogP contribution in [0.5, 0.6) is 0 Å². The minimum atomic E-state index is -0.594. The van der Waals surface area contributed by atoms with Crippen LogP contribution in [0.2, 0.25) is 0 Å². The van der Waals surface area contributed by atoms with Gasteiger partial charge in [-0.25, -0.2) is 4.79 Å². The second kappa shape index (κ2) is 5.54. The lowest BCUT2D eigenvalue weighted by Gasteiger charge is -2.25. The van der Waals surface area contributed by atoms with Crippen LogP contribution in [-0.4, -0.2) is 24.0 Å². The van der Waals surface area contributed by atoms with Crippen LogP contribution < -0.4 is 5.43 Å². The molecule has 94 valence electrons. The summed E-state index contributed by atoms with van der Waals surface area (Å²) in [7, 11) is 1.39. The van der Waals surface area contributed by atoms with Crippen LogP contribution in [0, 0.1) is 0 Å². The van der Waals surface area contributed by atoms with E-state index < -0.39 is 11.7 Å². The maximum absolute atomic E-state index is 11.7. The van der Waals surface area contributed by atoms with Gasteiger partial charge in [0, 0.05) is 0 Å². The molecule has 5 nitrogen and oxygen atoms in total. The van der Waals surface area contributed by atoms with Gasteiger partial charge in [0.15, 0.2) is 0 Å². The summed E-state index contributed by atoms with van der Waals surface area (Å²) in [6, 6.07) is 9.22. The molecule has 0 aliphatic carbocycles. The summed E-state index contributed by atoms with van der Waals surface area (Å²) in [6.45, 7) is 5.38. The van der Waals surface area contributed by atoms with Gasteiger partial charge in [0.1, 0.15) is 5.60 Å². The maximum atomic E-state index is 11.7. The van der Waals surface area contributed by atoms with Crippen molar-refractivity contribution in [1.29, 1.82) is 0 Å². The van der Waals surface area contributed by atoms with Crippen molar-refractivity contribution in [3.63, 3.8) is 0 Å². The molecule has 0 saturated heterocycles. The lowest BCUT2D eigenvalue weighted by molar-refractivity contribution is -0.107. The number of anilines is 1. The third kappa shape index (κ3) is 4.74. The number of amides is 1. The van der Waals surface area contributed by atoms with Gasteiger partial charge in [0.25, 0.3) is 0 Å². The number of hydrogen-bond acceptors (Lipinski definition) is 4. The van der Waals surface area contributed by atoms with Crippen molar-refractivity contribution < 1.29 is 14.4 Å². The van der Waals surface area contributed by atoms with E-state index in [-0.39, 0.29) is 0 Å². The van der Waals surface area contributed by atoms with Crippen LogP contribution in [0.15, 0.2) is 30.3 Å². The molecule has 1 aromatic rings. The molecule has 0 saturated carbocycles. The molecule has 0 radical (unpaired) electrons. The first-order chi connectivity index (χ1) is 7.92. The Morgan fingerprint density at radius 1 is 1.24 bits per heavy atom. The smallest absolute Gasteiger partial charge is 0.441 e. The Morgan fingerprint density at radius 2 is 1.82 bits per heavy atom. The fourth-order valence-electron chi connectivity index (χ4n) is 1.10. The number of para-hydroxylation sites is 1. The lowest BCUT2D eigenvalue weighted by Crippen LogP contribution is -2.39. The van der Waals surface area contributed by atoms with Crippen molar-refractivity contribution >= 4 is 11.8 Å². The van der Waals surface area contributed by atoms with Crippen molar-refractivity contribution in [2.75, 3.05) is 12.5 Å². The monoisotopic (exact) mass is 238 g/mol. The Balaban J connectivity index is 2.63. The molecule has 1 rings (SSSR count). The fraction of sp³-hybridized carbons (Fsp3) is 0.417. The first-order valence-corrected chi connectivity index (χ1v) is 5.31. The van der Waals surface area contributed by atoms with E-state index in [2.05, 4.69) is 5.43 Å². The van der Waals surface area contributed by atoms with Gasteiger partial charge in [0.2, 0.25) is 0 Å². The summed E-state index contributed by atoms with van der Waals surface area (Å²) in [6.07, 6.45) is -0.594. The Labute approximate surface area is 101 Å². The predicted octanol–water partition coefficient (Wildman–Crippen LogP) is 2.81. The molecular formula is C12H18N2O3. The second-order valence-corrected chi connectivity index (χ2v) is 4.44. The second-order valence-electron chi connectivity index (χ2n) is 4.44. The standard InChI is InChI=1S/C12H18N2O3/c1-12(2,3)17-11(15)14(16-4)13-10-8-6-5-7-9-10/h5-9,13H,1-4H3. The van der Waals surface area contributed by atoms with Crippen molar-refractivity contribution in [2.24, 2.45) is 0 Å². The molecule has 0 atom stereocenters. The molecule has 0 spiro atoms. The van der Waals surface area contributed by atoms with Crippen LogP contribution >= 0.6 is 0 Å². The van der Waals surface area contributed by atoms with Crippen LogP contribution in [0.1, 0.15) is 20.8 Å². The quantitative estimate of drug-likeness (QED) is 0.823. The number of carbonyl (C=O) groups excluding carboxylic acids is 1. The highest BCUT2D eigenvalue weighted by Crippen LogP contribution is 2.12. The number of nitrogens with one attached hydrogen (secondary N) is 1. The average molecular weight is 238 g/mol. The summed E-state index contributed by atoms with van der Waals surface area (Å²) < 4.78 is 5.16. The molecule has 1 amide bonds. The van der Waals surface area contributed by atoms with E-state index in [1.54, 1.807) is 20.8 Å². The van der Waals surface area contributed by atoms with Gasteiger partial charge in [-0.3, -0.25) is 10.3 Å². The third-order valence-corrected chi connectivity index (χ3v) is 1.75. The number of nitrogens with zero attached hydrogens (tertiary/aromatic N) is 1. The number of ether oxygens (including phenoxy) is 1. The maximum Gasteiger partial charge on any atom is 0.454 e. The van der Waals surface area contributed by atoms with E-state index in [4.69, 9.17) is 9.57 Å². The molecular weight excluding hydrogens is 220 g/mol. The van der Waals surface area contributed by atoms with Gasteiger partial charge in [-0.2, -0.15) is 0 Å². The zero-order valence-electron chi connectivity index (χ0n) is 10.6. The van der Waals surface area contributed by atoms with Gasteiger partial charge in [0.05, 0.1) is 12.8 Å². The van der Waals surface area contributed by atoms with E-state index in [1.807, 2.05) is 30.3 Å². The van der Waals surface area contributed by atoms with Gasteiger partial charge < -0.3 is 4.74 Å². The molecule has 17 heavy (non-hydrogen) atoms. The SMILES string of the molecule is CON(Nc1ccccc1)C(=O)OC(C)(C)C. The molecule has 0 fully saturated rings. The van der Waals surface area contributed by atoms with Gasteiger partial charge in [-0.05, 0) is 32.9 Å². The molecule has 0 bridgehead atoms. The third-order valence-electron chi connectivity index (χ3n) is 1.75. The number of hydroxylamine groups is 1. The van der Waals surface area contributed by atoms with E-state index in [1.165, 1.54) is 7.11 Å². The van der Waals surface area contributed by atoms with Gasteiger partial charge in [-0.15, -0.1) is 0 Å². The Kier molecular flexibility index (Phi) is 4.34. The van der Waals surface area contributed by atoms with E-state index in [0.29, 0.717) is 0 Å². The number of hydrazine groups is 1. The summed E-state index contributed by atoms with van der Waals surface area (Å²) in [5.41, 5.74) is 2.96. The first kappa shape index (κ1) is 13.3. The molecule has 1 N–H and O–H groups in total. The summed E-state index contributed by atoms with van der Waals surface area (Å²) in [4.78, 5) is 16.6. The van der Waals surface area contributed by atoms with Crippen LogP contribution in [0.3, 0.4) is 0 Å². The first-order valence-electron chi connectivity index (χ1n) is 5.31. The van der Waals surface area contributed by atoms with E-state index >= 15 is 0 Å². The highest BCUT2D eigenvalue weighted by Gasteiger charge is 2.22. The van der Waals surface area contributed by atoms with Crippen LogP contribution in [-0.2, 0) is 9.57 Å². The van der Waals surface area contributed by atoms with Crippen molar-refractivity contribution in [2.45, 2.75) is 26.4 Å². The zero-order chi connectivity index (χ0) is 12.9. The number of carbonyl (C=O) groups is 1. The minimum Gasteiger partial charge on any atom is -0.441 e. The number of hydrogen-bond donors (Lipinski definition) is 1. The molecule has 0 heterocycles. The fourth-order valence-corrected chi connectivity index (χ4v) is 1.10. The van der Waals surface area contributed by atoms with Crippen LogP contribution in [0.4, 0.5) is 10.5 Å². The Hall–Kier alpha value is -1.75. The topological polar surface area (TPSA) is 50.8 Å². The number of benzene rings is 1. The van der Waals surface area contributed by atoms with Crippen molar-refractivity contribution in [3.05, 3.63) is 30.3 Å². The summed E-state index contributed by atoms with van der Waals surface area (Å²) in [5.74, 6) is 0. The highest BCUT2D eigenvalue weighted by atomic mass is 16.8. The average Bonchev–Trinajstić information content (AvgIpc) is 2.24. The zero-order valence-corrected chi connectivity index (χ0v) is 10.6. The lowest BCUT2D eigenvalue weighted by atomic mass is 10.2. The molecule has 1 aromatic carbocycles. The van der Waals surface area contributed by atoms with E-state index in [0.717, 1.165) is 10.9 Å². The Morgan fingerprint density at radius 3 is 2.29 bits per heavy atom. The molecule has 0 unspecified atom stereocenters. The number of rotatable bonds is 3. The largest absolute Gasteiger partial charge is 0.454 e. The van der Waals surface area contributed by atoms with Gasteiger partial charge in [-0.1, -0.05) is 23.4 Å². The van der Waals surface area contributed by atoms with Crippen molar-refractivity contribution in [3.8, 4) is 0 Å². The van der Waals surface area contributed by atoms with Crippen LogP contribution in [0.25, 0.3) is 0 Å². The molecule has 0 aliphatic heterocycles. The normalized spacial score (nSPS) is 10.8.